The molecule has 0 aromatic carbocycles. The lowest BCUT2D eigenvalue weighted by Gasteiger charge is -2.38. The smallest absolute Gasteiger partial charge is 0.306 e. The molecule has 5 nitrogen and oxygen atoms in total. The van der Waals surface area contributed by atoms with Crippen LogP contribution in [0, 0.1) is 5.92 Å². The van der Waals surface area contributed by atoms with Crippen molar-refractivity contribution in [1.29, 1.82) is 0 Å². The first kappa shape index (κ1) is 14.4. The van der Waals surface area contributed by atoms with Crippen molar-refractivity contribution in [2.24, 2.45) is 5.92 Å². The number of rotatable bonds is 6. The number of likely N-dealkylation sites (N-methyl/N-ethyl adjacent to an activating group) is 1. The molecule has 0 atom stereocenters. The van der Waals surface area contributed by atoms with Crippen LogP contribution in [0.3, 0.4) is 0 Å². The first-order valence-electron chi connectivity index (χ1n) is 6.29. The fourth-order valence-corrected chi connectivity index (χ4v) is 2.47. The van der Waals surface area contributed by atoms with Gasteiger partial charge in [0.1, 0.15) is 0 Å². The number of nitrogens with zero attached hydrogens (tertiary/aromatic N) is 1. The maximum absolute atomic E-state index is 10.8. The van der Waals surface area contributed by atoms with E-state index in [1.54, 1.807) is 0 Å². The molecule has 5 heteroatoms. The molecular weight excluding hydrogens is 222 g/mol. The van der Waals surface area contributed by atoms with Gasteiger partial charge in [-0.05, 0) is 32.2 Å². The zero-order valence-electron chi connectivity index (χ0n) is 10.4. The van der Waals surface area contributed by atoms with Crippen molar-refractivity contribution in [3.05, 3.63) is 0 Å². The SMILES string of the molecule is CCN(CCO)CC1(O)CCC(C(=O)O)CC1. The van der Waals surface area contributed by atoms with Gasteiger partial charge in [-0.25, -0.2) is 0 Å². The van der Waals surface area contributed by atoms with Gasteiger partial charge in [0.05, 0.1) is 18.1 Å². The van der Waals surface area contributed by atoms with Crippen LogP contribution in [-0.4, -0.2) is 58.0 Å². The van der Waals surface area contributed by atoms with E-state index >= 15 is 0 Å². The minimum atomic E-state index is -0.781. The summed E-state index contributed by atoms with van der Waals surface area (Å²) in [5.74, 6) is -1.06. The lowest BCUT2D eigenvalue weighted by atomic mass is 9.78. The average Bonchev–Trinajstić information content (AvgIpc) is 2.28. The summed E-state index contributed by atoms with van der Waals surface area (Å²) in [5.41, 5.74) is -0.781. The number of carboxylic acids is 1. The highest BCUT2D eigenvalue weighted by Crippen LogP contribution is 2.32. The number of hydrogen-bond donors (Lipinski definition) is 3. The molecule has 0 radical (unpaired) electrons. The molecule has 0 aromatic rings. The summed E-state index contributed by atoms with van der Waals surface area (Å²) in [6.07, 6.45) is 2.16. The van der Waals surface area contributed by atoms with Crippen LogP contribution in [0.25, 0.3) is 0 Å². The topological polar surface area (TPSA) is 81.0 Å². The Bertz CT molecular complexity index is 249. The molecule has 1 rings (SSSR count). The fraction of sp³-hybridized carbons (Fsp3) is 0.917. The minimum absolute atomic E-state index is 0.0850. The average molecular weight is 245 g/mol. The van der Waals surface area contributed by atoms with Crippen molar-refractivity contribution < 1.29 is 20.1 Å². The zero-order valence-corrected chi connectivity index (χ0v) is 10.4. The molecule has 17 heavy (non-hydrogen) atoms. The molecular formula is C12H23NO4. The van der Waals surface area contributed by atoms with Crippen LogP contribution < -0.4 is 0 Å². The molecule has 1 saturated carbocycles. The Balaban J connectivity index is 2.45. The predicted molar refractivity (Wildman–Crippen MR) is 63.7 cm³/mol. The minimum Gasteiger partial charge on any atom is -0.481 e. The third-order valence-electron chi connectivity index (χ3n) is 3.65. The van der Waals surface area contributed by atoms with Crippen LogP contribution in [0.2, 0.25) is 0 Å². The number of hydrogen-bond acceptors (Lipinski definition) is 4. The number of aliphatic hydroxyl groups excluding tert-OH is 1. The third-order valence-corrected chi connectivity index (χ3v) is 3.65. The molecule has 0 bridgehead atoms. The van der Waals surface area contributed by atoms with E-state index in [0.717, 1.165) is 6.54 Å². The van der Waals surface area contributed by atoms with E-state index in [2.05, 4.69) is 0 Å². The van der Waals surface area contributed by atoms with Crippen LogP contribution in [0.4, 0.5) is 0 Å². The molecule has 0 aromatic heterocycles. The van der Waals surface area contributed by atoms with Gasteiger partial charge in [-0.2, -0.15) is 0 Å². The van der Waals surface area contributed by atoms with Gasteiger partial charge in [-0.15, -0.1) is 0 Å². The normalized spacial score (nSPS) is 29.5. The Morgan fingerprint density at radius 3 is 2.41 bits per heavy atom. The second-order valence-electron chi connectivity index (χ2n) is 4.93. The molecule has 0 saturated heterocycles. The molecule has 1 fully saturated rings. The van der Waals surface area contributed by atoms with E-state index in [4.69, 9.17) is 10.2 Å². The number of carboxylic acid groups (broad SMARTS) is 1. The predicted octanol–water partition coefficient (Wildman–Crippen LogP) is 0.306. The summed E-state index contributed by atoms with van der Waals surface area (Å²) in [7, 11) is 0. The van der Waals surface area contributed by atoms with Crippen LogP contribution in [-0.2, 0) is 4.79 Å². The van der Waals surface area contributed by atoms with Crippen molar-refractivity contribution in [2.45, 2.75) is 38.2 Å². The Kier molecular flexibility index (Phi) is 5.36. The van der Waals surface area contributed by atoms with E-state index in [1.807, 2.05) is 11.8 Å². The third kappa shape index (κ3) is 4.26. The summed E-state index contributed by atoms with van der Waals surface area (Å²) in [4.78, 5) is 12.8. The van der Waals surface area contributed by atoms with E-state index in [0.29, 0.717) is 38.8 Å². The fourth-order valence-electron chi connectivity index (χ4n) is 2.47. The Labute approximate surface area is 102 Å². The molecule has 0 amide bonds. The molecule has 0 heterocycles. The summed E-state index contributed by atoms with van der Waals surface area (Å²) < 4.78 is 0. The van der Waals surface area contributed by atoms with E-state index in [-0.39, 0.29) is 12.5 Å². The summed E-state index contributed by atoms with van der Waals surface area (Å²) in [5, 5.41) is 28.2. The summed E-state index contributed by atoms with van der Waals surface area (Å²) in [6.45, 7) is 3.94. The van der Waals surface area contributed by atoms with Gasteiger partial charge in [0.2, 0.25) is 0 Å². The molecule has 0 unspecified atom stereocenters. The lowest BCUT2D eigenvalue weighted by molar-refractivity contribution is -0.145. The number of aliphatic carboxylic acids is 1. The van der Waals surface area contributed by atoms with Gasteiger partial charge in [-0.3, -0.25) is 9.69 Å². The van der Waals surface area contributed by atoms with Crippen molar-refractivity contribution >= 4 is 5.97 Å². The van der Waals surface area contributed by atoms with E-state index in [1.165, 1.54) is 0 Å². The summed E-state index contributed by atoms with van der Waals surface area (Å²) >= 11 is 0. The highest BCUT2D eigenvalue weighted by Gasteiger charge is 2.36. The summed E-state index contributed by atoms with van der Waals surface area (Å²) in [6, 6.07) is 0. The van der Waals surface area contributed by atoms with Gasteiger partial charge >= 0.3 is 5.97 Å². The Hall–Kier alpha value is -0.650. The van der Waals surface area contributed by atoms with Crippen molar-refractivity contribution in [2.75, 3.05) is 26.2 Å². The molecule has 0 spiro atoms. The van der Waals surface area contributed by atoms with Crippen LogP contribution in [0.1, 0.15) is 32.6 Å². The number of carbonyl (C=O) groups is 1. The Morgan fingerprint density at radius 2 is 2.00 bits per heavy atom. The first-order valence-corrected chi connectivity index (χ1v) is 6.29. The largest absolute Gasteiger partial charge is 0.481 e. The highest BCUT2D eigenvalue weighted by atomic mass is 16.4. The maximum Gasteiger partial charge on any atom is 0.306 e. The van der Waals surface area contributed by atoms with Gasteiger partial charge in [0.25, 0.3) is 0 Å². The second-order valence-corrected chi connectivity index (χ2v) is 4.93. The van der Waals surface area contributed by atoms with Crippen LogP contribution in [0.5, 0.6) is 0 Å². The first-order chi connectivity index (χ1) is 8.00. The van der Waals surface area contributed by atoms with Crippen molar-refractivity contribution in [3.8, 4) is 0 Å². The van der Waals surface area contributed by atoms with Crippen LogP contribution in [0.15, 0.2) is 0 Å². The van der Waals surface area contributed by atoms with Gasteiger partial charge < -0.3 is 15.3 Å². The Morgan fingerprint density at radius 1 is 1.41 bits per heavy atom. The van der Waals surface area contributed by atoms with E-state index < -0.39 is 11.6 Å². The number of aliphatic hydroxyl groups is 2. The van der Waals surface area contributed by atoms with Gasteiger partial charge in [0.15, 0.2) is 0 Å². The van der Waals surface area contributed by atoms with Crippen molar-refractivity contribution in [3.63, 3.8) is 0 Å². The molecule has 100 valence electrons. The van der Waals surface area contributed by atoms with Crippen molar-refractivity contribution in [1.82, 2.24) is 4.90 Å². The molecule has 0 aliphatic heterocycles. The van der Waals surface area contributed by atoms with Gasteiger partial charge in [-0.1, -0.05) is 6.92 Å². The second kappa shape index (κ2) is 6.33. The molecule has 3 N–H and O–H groups in total. The molecule has 1 aliphatic rings. The maximum atomic E-state index is 10.8. The lowest BCUT2D eigenvalue weighted by Crippen LogP contribution is -2.46. The quantitative estimate of drug-likeness (QED) is 0.627. The van der Waals surface area contributed by atoms with E-state index in [9.17, 15) is 9.90 Å². The highest BCUT2D eigenvalue weighted by molar-refractivity contribution is 5.70. The monoisotopic (exact) mass is 245 g/mol. The molecule has 1 aliphatic carbocycles. The van der Waals surface area contributed by atoms with Crippen LogP contribution >= 0.6 is 0 Å². The zero-order chi connectivity index (χ0) is 12.9. The van der Waals surface area contributed by atoms with Gasteiger partial charge in [0, 0.05) is 13.1 Å². The standard InChI is InChI=1S/C12H23NO4/c1-2-13(7-8-14)9-12(17)5-3-10(4-6-12)11(15)16/h10,14,17H,2-9H2,1H3,(H,15,16).